The summed E-state index contributed by atoms with van der Waals surface area (Å²) in [6, 6.07) is 13.7. The number of nitrogens with one attached hydrogen (secondary N) is 1. The summed E-state index contributed by atoms with van der Waals surface area (Å²) in [5, 5.41) is 12.8. The predicted molar refractivity (Wildman–Crippen MR) is 141 cm³/mol. The lowest BCUT2D eigenvalue weighted by Crippen LogP contribution is -2.19. The third-order valence-corrected chi connectivity index (χ3v) is 6.99. The second-order valence-corrected chi connectivity index (χ2v) is 11.6. The number of aryl methyl sites for hydroxylation is 1. The number of thioether (sulfide) groups is 1. The predicted octanol–water partition coefficient (Wildman–Crippen LogP) is 5.61. The van der Waals surface area contributed by atoms with Crippen molar-refractivity contribution in [2.45, 2.75) is 37.4 Å². The molecule has 0 aliphatic heterocycles. The lowest BCUT2D eigenvalue weighted by Gasteiger charge is -2.19. The van der Waals surface area contributed by atoms with Crippen molar-refractivity contribution in [3.8, 4) is 11.5 Å². The topological polar surface area (TPSA) is 85.7 Å². The van der Waals surface area contributed by atoms with Crippen molar-refractivity contribution >= 4 is 51.2 Å². The van der Waals surface area contributed by atoms with E-state index >= 15 is 0 Å². The number of amides is 1. The second-order valence-electron chi connectivity index (χ2n) is 8.32. The number of nitrogens with zero attached hydrogens (tertiary/aromatic N) is 3. The summed E-state index contributed by atoms with van der Waals surface area (Å²) in [6.07, 6.45) is 1.56. The minimum atomic E-state index is -0.225. The van der Waals surface area contributed by atoms with Crippen molar-refractivity contribution in [3.63, 3.8) is 0 Å². The molecule has 10 heteroatoms. The SMILES string of the molecule is Cc1nnc(SCC(=O)N/N=C\c2cc(Br)ccc2OCCOc2ccc(C(C)(C)C)cc2)s1. The zero-order valence-corrected chi connectivity index (χ0v) is 22.7. The number of hydrazone groups is 1. The van der Waals surface area contributed by atoms with Gasteiger partial charge in [0.25, 0.3) is 5.91 Å². The van der Waals surface area contributed by atoms with Gasteiger partial charge in [0, 0.05) is 10.0 Å². The van der Waals surface area contributed by atoms with Gasteiger partial charge in [0.1, 0.15) is 29.7 Å². The van der Waals surface area contributed by atoms with Crippen molar-refractivity contribution in [1.29, 1.82) is 0 Å². The summed E-state index contributed by atoms with van der Waals surface area (Å²) < 4.78 is 13.3. The molecular weight excluding hydrogens is 536 g/mol. The average Bonchev–Trinajstić information content (AvgIpc) is 3.21. The van der Waals surface area contributed by atoms with Crippen molar-refractivity contribution in [2.75, 3.05) is 19.0 Å². The highest BCUT2D eigenvalue weighted by Gasteiger charge is 2.13. The number of benzene rings is 2. The highest BCUT2D eigenvalue weighted by molar-refractivity contribution is 9.10. The number of carbonyl (C=O) groups is 1. The number of halogens is 1. The molecule has 3 aromatic rings. The van der Waals surface area contributed by atoms with Gasteiger partial charge in [-0.15, -0.1) is 10.2 Å². The number of hydrogen-bond donors (Lipinski definition) is 1. The van der Waals surface area contributed by atoms with Crippen LogP contribution in [0.15, 0.2) is 56.4 Å². The van der Waals surface area contributed by atoms with E-state index in [1.807, 2.05) is 37.3 Å². The molecule has 0 fully saturated rings. The number of hydrogen-bond acceptors (Lipinski definition) is 8. The van der Waals surface area contributed by atoms with Gasteiger partial charge in [0.15, 0.2) is 4.34 Å². The van der Waals surface area contributed by atoms with Crippen LogP contribution in [0.4, 0.5) is 0 Å². The molecule has 0 bridgehead atoms. The van der Waals surface area contributed by atoms with Gasteiger partial charge in [-0.2, -0.15) is 5.10 Å². The minimum Gasteiger partial charge on any atom is -0.490 e. The van der Waals surface area contributed by atoms with E-state index in [0.717, 1.165) is 25.1 Å². The summed E-state index contributed by atoms with van der Waals surface area (Å²) in [5.41, 5.74) is 4.63. The first-order valence-corrected chi connectivity index (χ1v) is 13.2. The fourth-order valence-corrected chi connectivity index (χ4v) is 4.77. The van der Waals surface area contributed by atoms with E-state index in [2.05, 4.69) is 69.6 Å². The van der Waals surface area contributed by atoms with Crippen LogP contribution in [0.2, 0.25) is 0 Å². The van der Waals surface area contributed by atoms with Gasteiger partial charge in [-0.05, 0) is 48.2 Å². The van der Waals surface area contributed by atoms with Gasteiger partial charge in [0.2, 0.25) is 0 Å². The molecule has 1 heterocycles. The number of ether oxygens (including phenoxy) is 2. The Morgan fingerprint density at radius 3 is 2.56 bits per heavy atom. The van der Waals surface area contributed by atoms with E-state index in [0.29, 0.717) is 19.0 Å². The Bertz CT molecular complexity index is 1130. The molecule has 34 heavy (non-hydrogen) atoms. The molecule has 7 nitrogen and oxygen atoms in total. The molecule has 0 atom stereocenters. The van der Waals surface area contributed by atoms with Gasteiger partial charge >= 0.3 is 0 Å². The maximum atomic E-state index is 12.0. The van der Waals surface area contributed by atoms with Gasteiger partial charge in [-0.1, -0.05) is 71.9 Å². The third kappa shape index (κ3) is 8.41. The van der Waals surface area contributed by atoms with E-state index in [1.165, 1.54) is 28.7 Å². The molecule has 0 unspecified atom stereocenters. The van der Waals surface area contributed by atoms with Crippen LogP contribution in [0.5, 0.6) is 11.5 Å². The van der Waals surface area contributed by atoms with Gasteiger partial charge < -0.3 is 9.47 Å². The number of rotatable bonds is 10. The zero-order chi connectivity index (χ0) is 24.6. The van der Waals surface area contributed by atoms with Crippen LogP contribution < -0.4 is 14.9 Å². The summed E-state index contributed by atoms with van der Waals surface area (Å²) >= 11 is 6.24. The standard InChI is InChI=1S/C24H27BrN4O3S2/c1-16-27-29-23(34-16)33-15-22(30)28-26-14-17-13-19(25)7-10-21(17)32-12-11-31-20-8-5-18(6-9-20)24(2,3)4/h5-10,13-14H,11-12,15H2,1-4H3,(H,28,30)/b26-14-. The lowest BCUT2D eigenvalue weighted by molar-refractivity contribution is -0.118. The van der Waals surface area contributed by atoms with Crippen LogP contribution in [0.1, 0.15) is 36.9 Å². The van der Waals surface area contributed by atoms with E-state index in [9.17, 15) is 4.79 Å². The summed E-state index contributed by atoms with van der Waals surface area (Å²) in [4.78, 5) is 12.0. The fourth-order valence-electron chi connectivity index (χ4n) is 2.78. The van der Waals surface area contributed by atoms with Crippen LogP contribution in [0, 0.1) is 6.92 Å². The second kappa shape index (κ2) is 12.3. The Hall–Kier alpha value is -2.43. The third-order valence-electron chi connectivity index (χ3n) is 4.53. The number of aromatic nitrogens is 2. The first-order valence-electron chi connectivity index (χ1n) is 10.6. The molecule has 0 saturated heterocycles. The summed E-state index contributed by atoms with van der Waals surface area (Å²) in [7, 11) is 0. The van der Waals surface area contributed by atoms with E-state index in [-0.39, 0.29) is 17.1 Å². The molecule has 0 aliphatic carbocycles. The normalized spacial score (nSPS) is 11.6. The number of carbonyl (C=O) groups excluding carboxylic acids is 1. The molecule has 0 aliphatic rings. The van der Waals surface area contributed by atoms with Crippen LogP contribution in [0.25, 0.3) is 0 Å². The first-order chi connectivity index (χ1) is 16.2. The largest absolute Gasteiger partial charge is 0.490 e. The average molecular weight is 564 g/mol. The van der Waals surface area contributed by atoms with E-state index in [4.69, 9.17) is 9.47 Å². The molecule has 1 amide bonds. The monoisotopic (exact) mass is 562 g/mol. The Morgan fingerprint density at radius 2 is 1.88 bits per heavy atom. The Labute approximate surface area is 216 Å². The minimum absolute atomic E-state index is 0.109. The fraction of sp³-hybridized carbons (Fsp3) is 0.333. The van der Waals surface area contributed by atoms with Crippen LogP contribution in [0.3, 0.4) is 0 Å². The molecule has 180 valence electrons. The molecule has 0 saturated carbocycles. The maximum Gasteiger partial charge on any atom is 0.250 e. The van der Waals surface area contributed by atoms with Gasteiger partial charge in [0.05, 0.1) is 12.0 Å². The van der Waals surface area contributed by atoms with Crippen LogP contribution in [-0.2, 0) is 10.2 Å². The summed E-state index contributed by atoms with van der Waals surface area (Å²) in [5.74, 6) is 1.43. The van der Waals surface area contributed by atoms with E-state index in [1.54, 1.807) is 6.21 Å². The summed E-state index contributed by atoms with van der Waals surface area (Å²) in [6.45, 7) is 9.19. The lowest BCUT2D eigenvalue weighted by atomic mass is 9.87. The molecule has 0 radical (unpaired) electrons. The molecule has 1 aromatic heterocycles. The molecular formula is C24H27BrN4O3S2. The van der Waals surface area contributed by atoms with Crippen molar-refractivity contribution in [2.24, 2.45) is 5.10 Å². The van der Waals surface area contributed by atoms with Crippen molar-refractivity contribution in [1.82, 2.24) is 15.6 Å². The Kier molecular flexibility index (Phi) is 9.49. The quantitative estimate of drug-likeness (QED) is 0.150. The first kappa shape index (κ1) is 26.2. The van der Waals surface area contributed by atoms with E-state index < -0.39 is 0 Å². The zero-order valence-electron chi connectivity index (χ0n) is 19.5. The van der Waals surface area contributed by atoms with Gasteiger partial charge in [-0.25, -0.2) is 5.43 Å². The highest BCUT2D eigenvalue weighted by Crippen LogP contribution is 2.25. The van der Waals surface area contributed by atoms with Gasteiger partial charge in [-0.3, -0.25) is 4.79 Å². The van der Waals surface area contributed by atoms with Crippen molar-refractivity contribution < 1.29 is 14.3 Å². The Balaban J connectivity index is 1.47. The van der Waals surface area contributed by atoms with Crippen molar-refractivity contribution in [3.05, 3.63) is 63.1 Å². The maximum absolute atomic E-state index is 12.0. The highest BCUT2D eigenvalue weighted by atomic mass is 79.9. The molecule has 2 aromatic carbocycles. The smallest absolute Gasteiger partial charge is 0.250 e. The molecule has 3 rings (SSSR count). The van der Waals surface area contributed by atoms with Crippen LogP contribution >= 0.6 is 39.0 Å². The molecule has 1 N–H and O–H groups in total. The van der Waals surface area contributed by atoms with Crippen LogP contribution in [-0.4, -0.2) is 41.3 Å². The Morgan fingerprint density at radius 1 is 1.15 bits per heavy atom. The molecule has 0 spiro atoms.